The lowest BCUT2D eigenvalue weighted by Crippen LogP contribution is -2.14. The van der Waals surface area contributed by atoms with E-state index >= 15 is 0 Å². The van der Waals surface area contributed by atoms with Crippen molar-refractivity contribution in [2.45, 2.75) is 213 Å². The predicted octanol–water partition coefficient (Wildman–Crippen LogP) is 14.0. The number of hydrogen-bond donors (Lipinski definition) is 0. The molecule has 1 aliphatic heterocycles. The Kier molecular flexibility index (Phi) is 29.0. The third-order valence-electron chi connectivity index (χ3n) is 10.5. The number of hydrogen-bond acceptors (Lipinski definition) is 4. The Bertz CT molecular complexity index is 929. The molecule has 5 heteroatoms. The molecule has 0 N–H and O–H groups in total. The van der Waals surface area contributed by atoms with Crippen molar-refractivity contribution in [2.24, 2.45) is 0 Å². The summed E-state index contributed by atoms with van der Waals surface area (Å²) in [4.78, 5) is 0. The number of unbranched alkanes of at least 4 members (excludes halogenated alkanes) is 27. The van der Waals surface area contributed by atoms with E-state index in [1.54, 1.807) is 0 Å². The summed E-state index contributed by atoms with van der Waals surface area (Å²) in [5.74, 6) is 3.31. The van der Waals surface area contributed by atoms with Crippen molar-refractivity contribution < 1.29 is 23.5 Å². The Labute approximate surface area is 317 Å². The molecule has 5 nitrogen and oxygen atoms in total. The highest BCUT2D eigenvalue weighted by molar-refractivity contribution is 5.92. The van der Waals surface area contributed by atoms with E-state index < -0.39 is 0 Å². The van der Waals surface area contributed by atoms with E-state index in [4.69, 9.17) is 18.9 Å². The van der Waals surface area contributed by atoms with Crippen LogP contribution in [-0.4, -0.2) is 50.5 Å². The summed E-state index contributed by atoms with van der Waals surface area (Å²) in [5.41, 5.74) is 1.03. The first-order valence-corrected chi connectivity index (χ1v) is 22.5. The standard InChI is InChI=1S/C46H84NO4/c1-5-8-11-14-17-20-23-26-29-32-36-48-43-40-42(46-47(4)35-39-51-46)41-44(49-37-33-30-27-24-21-18-15-12-9-6-2)45(43)50-38-34-31-28-25-22-19-16-13-10-7-3/h40-41H,5-39H2,1-4H3/q+1. The minimum atomic E-state index is 0.700. The second kappa shape index (κ2) is 32.7. The maximum Gasteiger partial charge on any atom is 0.370 e. The molecule has 0 radical (unpaired) electrons. The Balaban J connectivity index is 1.95. The van der Waals surface area contributed by atoms with Crippen molar-refractivity contribution in [1.29, 1.82) is 0 Å². The molecule has 1 heterocycles. The number of benzene rings is 1. The third kappa shape index (κ3) is 22.7. The van der Waals surface area contributed by atoms with E-state index in [1.165, 1.54) is 173 Å². The lowest BCUT2D eigenvalue weighted by molar-refractivity contribution is -0.486. The summed E-state index contributed by atoms with van der Waals surface area (Å²) < 4.78 is 28.0. The molecule has 296 valence electrons. The lowest BCUT2D eigenvalue weighted by Gasteiger charge is -2.18. The van der Waals surface area contributed by atoms with Gasteiger partial charge in [-0.1, -0.05) is 194 Å². The van der Waals surface area contributed by atoms with Crippen LogP contribution in [0.1, 0.15) is 219 Å². The zero-order valence-electron chi connectivity index (χ0n) is 34.5. The normalized spacial score (nSPS) is 12.9. The van der Waals surface area contributed by atoms with Crippen molar-refractivity contribution in [2.75, 3.05) is 40.0 Å². The van der Waals surface area contributed by atoms with E-state index in [0.717, 1.165) is 54.5 Å². The van der Waals surface area contributed by atoms with Crippen LogP contribution >= 0.6 is 0 Å². The fourth-order valence-corrected chi connectivity index (χ4v) is 7.16. The van der Waals surface area contributed by atoms with E-state index in [-0.39, 0.29) is 0 Å². The molecule has 2 rings (SSSR count). The van der Waals surface area contributed by atoms with Gasteiger partial charge in [-0.2, -0.15) is 4.58 Å². The molecule has 0 bridgehead atoms. The first-order valence-electron chi connectivity index (χ1n) is 22.5. The van der Waals surface area contributed by atoms with Gasteiger partial charge in [-0.3, -0.25) is 0 Å². The van der Waals surface area contributed by atoms with Crippen LogP contribution in [0.15, 0.2) is 12.1 Å². The molecule has 0 unspecified atom stereocenters. The van der Waals surface area contributed by atoms with Crippen molar-refractivity contribution in [3.63, 3.8) is 0 Å². The number of likely N-dealkylation sites (N-methyl/N-ethyl adjacent to an activating group) is 1. The lowest BCUT2D eigenvalue weighted by atomic mass is 10.1. The van der Waals surface area contributed by atoms with Gasteiger partial charge in [-0.05, 0) is 19.3 Å². The highest BCUT2D eigenvalue weighted by Crippen LogP contribution is 2.40. The summed E-state index contributed by atoms with van der Waals surface area (Å²) in [7, 11) is 2.10. The SMILES string of the molecule is CCCCCCCCCCCCOc1cc(C2=[N+](C)CCO2)cc(OCCCCCCCCCCCC)c1OCCCCCCCCCCCC. The fourth-order valence-electron chi connectivity index (χ4n) is 7.16. The maximum atomic E-state index is 6.57. The first-order chi connectivity index (χ1) is 25.2. The second-order valence-electron chi connectivity index (χ2n) is 15.5. The average Bonchev–Trinajstić information content (AvgIpc) is 3.57. The zero-order valence-corrected chi connectivity index (χ0v) is 34.5. The molecule has 0 atom stereocenters. The van der Waals surface area contributed by atoms with Gasteiger partial charge in [0.15, 0.2) is 24.7 Å². The second-order valence-corrected chi connectivity index (χ2v) is 15.5. The molecule has 0 amide bonds. The predicted molar refractivity (Wildman–Crippen MR) is 220 cm³/mol. The molecular weight excluding hydrogens is 631 g/mol. The minimum absolute atomic E-state index is 0.700. The van der Waals surface area contributed by atoms with E-state index in [2.05, 4.69) is 44.5 Å². The molecular formula is C46H84NO4+. The molecule has 51 heavy (non-hydrogen) atoms. The van der Waals surface area contributed by atoms with Gasteiger partial charge >= 0.3 is 5.90 Å². The van der Waals surface area contributed by atoms with Crippen LogP contribution in [0.25, 0.3) is 0 Å². The molecule has 1 aromatic rings. The fraction of sp³-hybridized carbons (Fsp3) is 0.848. The summed E-state index contributed by atoms with van der Waals surface area (Å²) in [6, 6.07) is 4.27. The van der Waals surface area contributed by atoms with Gasteiger partial charge in [0.1, 0.15) is 7.05 Å². The van der Waals surface area contributed by atoms with Gasteiger partial charge in [0.25, 0.3) is 0 Å². The topological polar surface area (TPSA) is 39.9 Å². The Morgan fingerprint density at radius 2 is 0.765 bits per heavy atom. The summed E-state index contributed by atoms with van der Waals surface area (Å²) in [6.45, 7) is 10.6. The van der Waals surface area contributed by atoms with E-state index in [0.29, 0.717) is 26.4 Å². The quantitative estimate of drug-likeness (QED) is 0.0508. The van der Waals surface area contributed by atoms with Crippen molar-refractivity contribution >= 4 is 5.90 Å². The average molecular weight is 715 g/mol. The highest BCUT2D eigenvalue weighted by Gasteiger charge is 2.27. The zero-order chi connectivity index (χ0) is 36.5. The number of nitrogens with zero attached hydrogens (tertiary/aromatic N) is 1. The summed E-state index contributed by atoms with van der Waals surface area (Å²) >= 11 is 0. The van der Waals surface area contributed by atoms with Crippen LogP contribution in [0.5, 0.6) is 17.2 Å². The van der Waals surface area contributed by atoms with Crippen LogP contribution in [0, 0.1) is 0 Å². The van der Waals surface area contributed by atoms with Crippen molar-refractivity contribution in [3.8, 4) is 17.2 Å². The van der Waals surface area contributed by atoms with Crippen LogP contribution in [0.3, 0.4) is 0 Å². The first kappa shape index (κ1) is 45.2. The number of ether oxygens (including phenoxy) is 4. The van der Waals surface area contributed by atoms with Crippen LogP contribution in [0.2, 0.25) is 0 Å². The number of rotatable bonds is 37. The van der Waals surface area contributed by atoms with Crippen molar-refractivity contribution in [1.82, 2.24) is 0 Å². The van der Waals surface area contributed by atoms with Gasteiger partial charge in [-0.25, -0.2) is 0 Å². The van der Waals surface area contributed by atoms with Gasteiger partial charge in [-0.15, -0.1) is 0 Å². The smallest absolute Gasteiger partial charge is 0.370 e. The Morgan fingerprint density at radius 1 is 0.451 bits per heavy atom. The largest absolute Gasteiger partial charge is 0.490 e. The maximum absolute atomic E-state index is 6.57. The van der Waals surface area contributed by atoms with Gasteiger partial charge < -0.3 is 18.9 Å². The molecule has 0 aliphatic carbocycles. The third-order valence-corrected chi connectivity index (χ3v) is 10.5. The highest BCUT2D eigenvalue weighted by atomic mass is 16.5. The monoisotopic (exact) mass is 715 g/mol. The molecule has 0 spiro atoms. The molecule has 0 aromatic heterocycles. The van der Waals surface area contributed by atoms with Crippen LogP contribution in [0.4, 0.5) is 0 Å². The van der Waals surface area contributed by atoms with Gasteiger partial charge in [0.2, 0.25) is 5.75 Å². The molecule has 0 saturated carbocycles. The Hall–Kier alpha value is -1.91. The molecule has 0 fully saturated rings. The van der Waals surface area contributed by atoms with Gasteiger partial charge in [0.05, 0.1) is 25.4 Å². The molecule has 1 aromatic carbocycles. The van der Waals surface area contributed by atoms with Gasteiger partial charge in [0, 0.05) is 12.1 Å². The van der Waals surface area contributed by atoms with Crippen LogP contribution < -0.4 is 14.2 Å². The Morgan fingerprint density at radius 3 is 1.08 bits per heavy atom. The van der Waals surface area contributed by atoms with Crippen LogP contribution in [-0.2, 0) is 4.74 Å². The molecule has 0 saturated heterocycles. The van der Waals surface area contributed by atoms with Crippen molar-refractivity contribution in [3.05, 3.63) is 17.7 Å². The van der Waals surface area contributed by atoms with E-state index in [1.807, 2.05) is 0 Å². The summed E-state index contributed by atoms with van der Waals surface area (Å²) in [6.07, 6.45) is 39.6. The molecule has 1 aliphatic rings. The minimum Gasteiger partial charge on any atom is -0.490 e. The van der Waals surface area contributed by atoms with E-state index in [9.17, 15) is 0 Å². The summed E-state index contributed by atoms with van der Waals surface area (Å²) in [5, 5.41) is 0.